The van der Waals surface area contributed by atoms with Gasteiger partial charge in [0.1, 0.15) is 12.0 Å². The zero-order valence-electron chi connectivity index (χ0n) is 6.02. The number of hydrogen-bond acceptors (Lipinski definition) is 4. The molecule has 3 N–H and O–H groups in total. The van der Waals surface area contributed by atoms with Gasteiger partial charge in [-0.15, -0.1) is 0 Å². The monoisotopic (exact) mass is 162 g/mol. The van der Waals surface area contributed by atoms with Gasteiger partial charge in [0.2, 0.25) is 0 Å². The highest BCUT2D eigenvalue weighted by molar-refractivity contribution is 6.00. The number of carboxylic acid groups (broad SMARTS) is 1. The summed E-state index contributed by atoms with van der Waals surface area (Å²) in [5, 5.41) is 25.2. The maximum Gasteiger partial charge on any atom is 0.313 e. The van der Waals surface area contributed by atoms with Gasteiger partial charge >= 0.3 is 5.97 Å². The van der Waals surface area contributed by atoms with Gasteiger partial charge in [-0.2, -0.15) is 0 Å². The van der Waals surface area contributed by atoms with Crippen LogP contribution in [0.3, 0.4) is 0 Å². The number of Topliss-reactive ketones (excluding diaryl/α,β-unsaturated/α-hetero) is 1. The lowest BCUT2D eigenvalue weighted by molar-refractivity contribution is -0.149. The highest BCUT2D eigenvalue weighted by Gasteiger charge is 2.26. The van der Waals surface area contributed by atoms with Crippen LogP contribution in [-0.4, -0.2) is 39.8 Å². The van der Waals surface area contributed by atoms with Crippen LogP contribution in [0.2, 0.25) is 0 Å². The lowest BCUT2D eigenvalue weighted by Gasteiger charge is -2.08. The average Bonchev–Trinajstić information content (AvgIpc) is 2.00. The Hall–Kier alpha value is -0.940. The average molecular weight is 162 g/mol. The van der Waals surface area contributed by atoms with Gasteiger partial charge in [-0.05, 0) is 6.92 Å². The summed E-state index contributed by atoms with van der Waals surface area (Å²) in [5.74, 6) is -3.44. The fraction of sp³-hybridized carbons (Fsp3) is 0.667. The van der Waals surface area contributed by atoms with Gasteiger partial charge in [-0.3, -0.25) is 9.59 Å². The summed E-state index contributed by atoms with van der Waals surface area (Å²) in [6.07, 6.45) is -1.58. The number of aliphatic carboxylic acids is 1. The fourth-order valence-corrected chi connectivity index (χ4v) is 0.500. The minimum absolute atomic E-state index is 0.740. The molecule has 2 unspecified atom stereocenters. The summed E-state index contributed by atoms with van der Waals surface area (Å²) in [5.41, 5.74) is 0. The van der Waals surface area contributed by atoms with E-state index in [1.807, 2.05) is 0 Å². The third kappa shape index (κ3) is 2.65. The van der Waals surface area contributed by atoms with Crippen molar-refractivity contribution in [2.45, 2.75) is 13.0 Å². The number of hydrogen-bond donors (Lipinski definition) is 3. The van der Waals surface area contributed by atoms with Gasteiger partial charge in [0.05, 0.1) is 6.61 Å². The van der Waals surface area contributed by atoms with E-state index in [1.54, 1.807) is 0 Å². The Labute approximate surface area is 63.3 Å². The van der Waals surface area contributed by atoms with Crippen LogP contribution in [0.25, 0.3) is 0 Å². The number of carbonyl (C=O) groups excluding carboxylic acids is 1. The maximum atomic E-state index is 10.7. The topological polar surface area (TPSA) is 94.8 Å². The first-order valence-electron chi connectivity index (χ1n) is 3.06. The molecule has 64 valence electrons. The lowest BCUT2D eigenvalue weighted by Crippen LogP contribution is -2.33. The standard InChI is InChI=1S/C6H10O5/c1-3(6(10)11)5(9)4(8)2-7/h3-4,7-8H,2H2,1H3,(H,10,11). The molecule has 0 heterocycles. The van der Waals surface area contributed by atoms with E-state index < -0.39 is 30.4 Å². The van der Waals surface area contributed by atoms with Gasteiger partial charge in [0, 0.05) is 0 Å². The molecule has 0 aliphatic heterocycles. The SMILES string of the molecule is CC(C(=O)O)C(=O)C(O)CO. The van der Waals surface area contributed by atoms with Crippen molar-refractivity contribution in [2.75, 3.05) is 6.61 Å². The van der Waals surface area contributed by atoms with Crippen LogP contribution in [0.5, 0.6) is 0 Å². The van der Waals surface area contributed by atoms with Gasteiger partial charge in [-0.1, -0.05) is 0 Å². The quantitative estimate of drug-likeness (QED) is 0.443. The number of carboxylic acids is 1. The van der Waals surface area contributed by atoms with Crippen molar-refractivity contribution in [2.24, 2.45) is 5.92 Å². The molecule has 0 spiro atoms. The molecular weight excluding hydrogens is 152 g/mol. The van der Waals surface area contributed by atoms with Crippen LogP contribution in [0.4, 0.5) is 0 Å². The molecule has 0 aliphatic carbocycles. The number of carbonyl (C=O) groups is 2. The van der Waals surface area contributed by atoms with Gasteiger partial charge in [0.15, 0.2) is 5.78 Å². The summed E-state index contributed by atoms with van der Waals surface area (Å²) in [6, 6.07) is 0. The van der Waals surface area contributed by atoms with Crippen LogP contribution < -0.4 is 0 Å². The van der Waals surface area contributed by atoms with E-state index in [0.717, 1.165) is 6.92 Å². The second-order valence-electron chi connectivity index (χ2n) is 2.16. The molecule has 0 aliphatic rings. The first-order chi connectivity index (χ1) is 5.00. The van der Waals surface area contributed by atoms with E-state index in [9.17, 15) is 9.59 Å². The summed E-state index contributed by atoms with van der Waals surface area (Å²) >= 11 is 0. The maximum absolute atomic E-state index is 10.7. The second kappa shape index (κ2) is 4.05. The molecule has 2 atom stereocenters. The molecule has 0 aromatic rings. The van der Waals surface area contributed by atoms with E-state index in [0.29, 0.717) is 0 Å². The molecule has 11 heavy (non-hydrogen) atoms. The summed E-state index contributed by atoms with van der Waals surface area (Å²) in [4.78, 5) is 20.9. The molecule has 0 rings (SSSR count). The molecule has 5 nitrogen and oxygen atoms in total. The summed E-state index contributed by atoms with van der Waals surface area (Å²) < 4.78 is 0. The van der Waals surface area contributed by atoms with Crippen molar-refractivity contribution in [3.63, 3.8) is 0 Å². The Morgan fingerprint density at radius 2 is 1.91 bits per heavy atom. The van der Waals surface area contributed by atoms with Crippen LogP contribution in [0.1, 0.15) is 6.92 Å². The van der Waals surface area contributed by atoms with Crippen LogP contribution in [0, 0.1) is 5.92 Å². The van der Waals surface area contributed by atoms with Crippen molar-refractivity contribution in [1.82, 2.24) is 0 Å². The van der Waals surface area contributed by atoms with Crippen molar-refractivity contribution < 1.29 is 24.9 Å². The lowest BCUT2D eigenvalue weighted by atomic mass is 10.0. The highest BCUT2D eigenvalue weighted by atomic mass is 16.4. The third-order valence-corrected chi connectivity index (χ3v) is 1.30. The fourth-order valence-electron chi connectivity index (χ4n) is 0.500. The minimum atomic E-state index is -1.58. The van der Waals surface area contributed by atoms with E-state index >= 15 is 0 Å². The first-order valence-corrected chi connectivity index (χ1v) is 3.06. The van der Waals surface area contributed by atoms with Gasteiger partial charge in [0.25, 0.3) is 0 Å². The zero-order valence-corrected chi connectivity index (χ0v) is 6.02. The van der Waals surface area contributed by atoms with E-state index in [4.69, 9.17) is 15.3 Å². The Morgan fingerprint density at radius 1 is 1.45 bits per heavy atom. The molecule has 0 saturated heterocycles. The van der Waals surface area contributed by atoms with Crippen molar-refractivity contribution in [1.29, 1.82) is 0 Å². The van der Waals surface area contributed by atoms with Crippen LogP contribution >= 0.6 is 0 Å². The third-order valence-electron chi connectivity index (χ3n) is 1.30. The number of rotatable bonds is 4. The Morgan fingerprint density at radius 3 is 2.18 bits per heavy atom. The second-order valence-corrected chi connectivity index (χ2v) is 2.16. The van der Waals surface area contributed by atoms with E-state index in [2.05, 4.69) is 0 Å². The predicted octanol–water partition coefficient (Wildman–Crippen LogP) is -1.37. The van der Waals surface area contributed by atoms with Crippen molar-refractivity contribution >= 4 is 11.8 Å². The molecule has 0 saturated carbocycles. The van der Waals surface area contributed by atoms with Crippen LogP contribution in [-0.2, 0) is 9.59 Å². The van der Waals surface area contributed by atoms with E-state index in [-0.39, 0.29) is 0 Å². The number of aliphatic hydroxyl groups is 2. The highest BCUT2D eigenvalue weighted by Crippen LogP contribution is 2.00. The van der Waals surface area contributed by atoms with E-state index in [1.165, 1.54) is 0 Å². The summed E-state index contributed by atoms with van der Waals surface area (Å²) in [6.45, 7) is 0.417. The predicted molar refractivity (Wildman–Crippen MR) is 34.9 cm³/mol. The zero-order chi connectivity index (χ0) is 9.02. The molecule has 0 radical (unpaired) electrons. The Balaban J connectivity index is 4.13. The summed E-state index contributed by atoms with van der Waals surface area (Å²) in [7, 11) is 0. The largest absolute Gasteiger partial charge is 0.481 e. The van der Waals surface area contributed by atoms with Gasteiger partial charge < -0.3 is 15.3 Å². The molecule has 0 bridgehead atoms. The molecule has 0 aromatic heterocycles. The normalized spacial score (nSPS) is 15.5. The minimum Gasteiger partial charge on any atom is -0.481 e. The Bertz CT molecular complexity index is 164. The molecule has 0 fully saturated rings. The van der Waals surface area contributed by atoms with Crippen LogP contribution in [0.15, 0.2) is 0 Å². The number of aliphatic hydroxyl groups excluding tert-OH is 2. The first kappa shape index (κ1) is 10.1. The smallest absolute Gasteiger partial charge is 0.313 e. The number of ketones is 1. The Kier molecular flexibility index (Phi) is 3.70. The van der Waals surface area contributed by atoms with Gasteiger partial charge in [-0.25, -0.2) is 0 Å². The molecule has 0 amide bonds. The molecule has 0 aromatic carbocycles. The van der Waals surface area contributed by atoms with Crippen molar-refractivity contribution in [3.8, 4) is 0 Å². The molecular formula is C6H10O5. The van der Waals surface area contributed by atoms with Crippen molar-refractivity contribution in [3.05, 3.63) is 0 Å². The molecule has 5 heteroatoms.